The SMILES string of the molecule is CC(C)CCC(C)Nc1cc2c(cc1Cl)NC(=O)CO2. The van der Waals surface area contributed by atoms with Crippen LogP contribution in [-0.4, -0.2) is 18.6 Å². The Hall–Kier alpha value is -1.42. The lowest BCUT2D eigenvalue weighted by Gasteiger charge is -2.22. The van der Waals surface area contributed by atoms with E-state index in [1.807, 2.05) is 6.07 Å². The van der Waals surface area contributed by atoms with Gasteiger partial charge in [0.25, 0.3) is 5.91 Å². The highest BCUT2D eigenvalue weighted by molar-refractivity contribution is 6.33. The first-order valence-corrected chi connectivity index (χ1v) is 7.36. The van der Waals surface area contributed by atoms with Gasteiger partial charge < -0.3 is 15.4 Å². The van der Waals surface area contributed by atoms with E-state index in [0.717, 1.165) is 12.1 Å². The molecule has 0 radical (unpaired) electrons. The van der Waals surface area contributed by atoms with Crippen molar-refractivity contribution in [2.45, 2.75) is 39.7 Å². The molecule has 1 aromatic rings. The van der Waals surface area contributed by atoms with E-state index < -0.39 is 0 Å². The van der Waals surface area contributed by atoms with Crippen molar-refractivity contribution in [1.82, 2.24) is 0 Å². The highest BCUT2D eigenvalue weighted by Gasteiger charge is 2.18. The second-order valence-electron chi connectivity index (χ2n) is 5.68. The first-order chi connectivity index (χ1) is 9.45. The molecule has 0 saturated carbocycles. The number of benzene rings is 1. The maximum Gasteiger partial charge on any atom is 0.262 e. The van der Waals surface area contributed by atoms with E-state index in [9.17, 15) is 4.79 Å². The zero-order chi connectivity index (χ0) is 14.7. The Morgan fingerprint density at radius 1 is 1.35 bits per heavy atom. The number of nitrogens with one attached hydrogen (secondary N) is 2. The summed E-state index contributed by atoms with van der Waals surface area (Å²) in [4.78, 5) is 11.3. The van der Waals surface area contributed by atoms with Gasteiger partial charge in [0.05, 0.1) is 16.4 Å². The lowest BCUT2D eigenvalue weighted by molar-refractivity contribution is -0.118. The zero-order valence-corrected chi connectivity index (χ0v) is 12.9. The topological polar surface area (TPSA) is 50.4 Å². The van der Waals surface area contributed by atoms with Crippen LogP contribution in [-0.2, 0) is 4.79 Å². The van der Waals surface area contributed by atoms with E-state index in [1.165, 1.54) is 6.42 Å². The van der Waals surface area contributed by atoms with E-state index in [0.29, 0.717) is 28.4 Å². The van der Waals surface area contributed by atoms with Gasteiger partial charge >= 0.3 is 0 Å². The molecule has 0 saturated heterocycles. The van der Waals surface area contributed by atoms with Crippen LogP contribution in [0.15, 0.2) is 12.1 Å². The Labute approximate surface area is 124 Å². The molecule has 1 unspecified atom stereocenters. The van der Waals surface area contributed by atoms with Crippen LogP contribution in [0.2, 0.25) is 5.02 Å². The summed E-state index contributed by atoms with van der Waals surface area (Å²) in [5.41, 5.74) is 1.48. The number of fused-ring (bicyclic) bond motifs is 1. The molecule has 2 N–H and O–H groups in total. The van der Waals surface area contributed by atoms with Gasteiger partial charge in [0.15, 0.2) is 6.61 Å². The molecule has 0 spiro atoms. The van der Waals surface area contributed by atoms with Crippen molar-refractivity contribution in [3.8, 4) is 5.75 Å². The maximum absolute atomic E-state index is 11.3. The molecule has 0 aliphatic carbocycles. The molecule has 0 aromatic heterocycles. The van der Waals surface area contributed by atoms with Crippen molar-refractivity contribution in [2.24, 2.45) is 5.92 Å². The molecule has 1 aromatic carbocycles. The van der Waals surface area contributed by atoms with Crippen LogP contribution in [0.5, 0.6) is 5.75 Å². The lowest BCUT2D eigenvalue weighted by Crippen LogP contribution is -2.25. The number of amides is 1. The molecule has 2 rings (SSSR count). The first-order valence-electron chi connectivity index (χ1n) is 6.98. The van der Waals surface area contributed by atoms with Crippen molar-refractivity contribution in [1.29, 1.82) is 0 Å². The van der Waals surface area contributed by atoms with Crippen LogP contribution in [0.3, 0.4) is 0 Å². The van der Waals surface area contributed by atoms with Crippen molar-refractivity contribution in [3.05, 3.63) is 17.2 Å². The van der Waals surface area contributed by atoms with Crippen LogP contribution < -0.4 is 15.4 Å². The molecule has 1 aliphatic rings. The van der Waals surface area contributed by atoms with Gasteiger partial charge in [-0.1, -0.05) is 25.4 Å². The summed E-state index contributed by atoms with van der Waals surface area (Å²) in [6.07, 6.45) is 2.26. The normalized spacial score (nSPS) is 15.3. The standard InChI is InChI=1S/C15H21ClN2O2/c1-9(2)4-5-10(3)17-12-7-14-13(6-11(12)16)18-15(19)8-20-14/h6-7,9-10,17H,4-5,8H2,1-3H3,(H,18,19). The number of ether oxygens (including phenoxy) is 1. The van der Waals surface area contributed by atoms with E-state index >= 15 is 0 Å². The van der Waals surface area contributed by atoms with E-state index in [2.05, 4.69) is 31.4 Å². The third kappa shape index (κ3) is 3.79. The molecule has 1 aliphatic heterocycles. The van der Waals surface area contributed by atoms with E-state index in [-0.39, 0.29) is 12.5 Å². The molecule has 5 heteroatoms. The Kier molecular flexibility index (Phi) is 4.76. The number of carbonyl (C=O) groups excluding carboxylic acids is 1. The highest BCUT2D eigenvalue weighted by Crippen LogP contribution is 2.36. The smallest absolute Gasteiger partial charge is 0.262 e. The quantitative estimate of drug-likeness (QED) is 0.866. The number of hydrogen-bond acceptors (Lipinski definition) is 3. The Morgan fingerprint density at radius 3 is 2.80 bits per heavy atom. The van der Waals surface area contributed by atoms with Gasteiger partial charge in [-0.3, -0.25) is 4.79 Å². The van der Waals surface area contributed by atoms with Crippen molar-refractivity contribution in [2.75, 3.05) is 17.2 Å². The van der Waals surface area contributed by atoms with Gasteiger partial charge in [0.2, 0.25) is 0 Å². The summed E-state index contributed by atoms with van der Waals surface area (Å²) in [7, 11) is 0. The predicted molar refractivity (Wildman–Crippen MR) is 82.7 cm³/mol. The van der Waals surface area contributed by atoms with E-state index in [1.54, 1.807) is 6.07 Å². The van der Waals surface area contributed by atoms with Crippen molar-refractivity contribution in [3.63, 3.8) is 0 Å². The summed E-state index contributed by atoms with van der Waals surface area (Å²) < 4.78 is 5.40. The summed E-state index contributed by atoms with van der Waals surface area (Å²) >= 11 is 6.25. The Morgan fingerprint density at radius 2 is 2.10 bits per heavy atom. The molecule has 4 nitrogen and oxygen atoms in total. The van der Waals surface area contributed by atoms with Gasteiger partial charge in [0, 0.05) is 12.1 Å². The third-order valence-electron chi connectivity index (χ3n) is 3.28. The monoisotopic (exact) mass is 296 g/mol. The molecule has 1 amide bonds. The number of hydrogen-bond donors (Lipinski definition) is 2. The largest absolute Gasteiger partial charge is 0.482 e. The fraction of sp³-hybridized carbons (Fsp3) is 0.533. The third-order valence-corrected chi connectivity index (χ3v) is 3.59. The van der Waals surface area contributed by atoms with Gasteiger partial charge in [-0.2, -0.15) is 0 Å². The van der Waals surface area contributed by atoms with Crippen molar-refractivity contribution >= 4 is 28.9 Å². The fourth-order valence-electron chi connectivity index (χ4n) is 2.13. The van der Waals surface area contributed by atoms with Crippen LogP contribution in [0.25, 0.3) is 0 Å². The molecule has 0 bridgehead atoms. The summed E-state index contributed by atoms with van der Waals surface area (Å²) in [5, 5.41) is 6.74. The van der Waals surface area contributed by atoms with Crippen molar-refractivity contribution < 1.29 is 9.53 Å². The average Bonchev–Trinajstić information content (AvgIpc) is 2.37. The summed E-state index contributed by atoms with van der Waals surface area (Å²) in [6.45, 7) is 6.63. The van der Waals surface area contributed by atoms with Crippen LogP contribution in [0, 0.1) is 5.92 Å². The molecule has 1 heterocycles. The number of anilines is 2. The molecule has 1 atom stereocenters. The number of carbonyl (C=O) groups is 1. The second-order valence-corrected chi connectivity index (χ2v) is 6.09. The van der Waals surface area contributed by atoms with E-state index in [4.69, 9.17) is 16.3 Å². The Bertz CT molecular complexity index is 503. The minimum atomic E-state index is -0.153. The van der Waals surface area contributed by atoms with Gasteiger partial charge in [-0.15, -0.1) is 0 Å². The minimum Gasteiger partial charge on any atom is -0.482 e. The maximum atomic E-state index is 11.3. The zero-order valence-electron chi connectivity index (χ0n) is 12.1. The number of halogens is 1. The Balaban J connectivity index is 2.07. The summed E-state index contributed by atoms with van der Waals surface area (Å²) in [6, 6.07) is 3.92. The van der Waals surface area contributed by atoms with Gasteiger partial charge in [-0.25, -0.2) is 0 Å². The highest BCUT2D eigenvalue weighted by atomic mass is 35.5. The summed E-state index contributed by atoms with van der Waals surface area (Å²) in [5.74, 6) is 1.20. The second kappa shape index (κ2) is 6.35. The molecular formula is C15H21ClN2O2. The lowest BCUT2D eigenvalue weighted by atomic mass is 10.0. The van der Waals surface area contributed by atoms with Gasteiger partial charge in [-0.05, 0) is 31.7 Å². The fourth-order valence-corrected chi connectivity index (χ4v) is 2.35. The predicted octanol–water partition coefficient (Wildman–Crippen LogP) is 3.91. The number of rotatable bonds is 5. The average molecular weight is 297 g/mol. The molecular weight excluding hydrogens is 276 g/mol. The molecule has 0 fully saturated rings. The minimum absolute atomic E-state index is 0.0526. The van der Waals surface area contributed by atoms with Crippen LogP contribution >= 0.6 is 11.6 Å². The molecule has 110 valence electrons. The first kappa shape index (κ1) is 15.0. The molecule has 20 heavy (non-hydrogen) atoms. The van der Waals surface area contributed by atoms with Gasteiger partial charge in [0.1, 0.15) is 5.75 Å². The van der Waals surface area contributed by atoms with Crippen LogP contribution in [0.1, 0.15) is 33.6 Å². The van der Waals surface area contributed by atoms with Crippen LogP contribution in [0.4, 0.5) is 11.4 Å².